The number of anilines is 5. The van der Waals surface area contributed by atoms with E-state index in [-0.39, 0.29) is 0 Å². The van der Waals surface area contributed by atoms with Crippen molar-refractivity contribution in [3.8, 4) is 22.3 Å². The lowest BCUT2D eigenvalue weighted by Gasteiger charge is -2.28. The highest BCUT2D eigenvalue weighted by molar-refractivity contribution is 6.22. The fourth-order valence-electron chi connectivity index (χ4n) is 7.29. The summed E-state index contributed by atoms with van der Waals surface area (Å²) < 4.78 is 0. The van der Waals surface area contributed by atoms with Gasteiger partial charge in [0.05, 0.1) is 0 Å². The number of rotatable bonds is 9. The van der Waals surface area contributed by atoms with Gasteiger partial charge in [-0.1, -0.05) is 140 Å². The predicted octanol–water partition coefficient (Wildman–Crippen LogP) is 14.0. The van der Waals surface area contributed by atoms with E-state index in [1.807, 2.05) is 6.08 Å². The topological polar surface area (TPSA) is 6.48 Å². The van der Waals surface area contributed by atoms with Crippen molar-refractivity contribution in [1.82, 2.24) is 0 Å². The lowest BCUT2D eigenvalue weighted by atomic mass is 9.85. The van der Waals surface area contributed by atoms with Crippen LogP contribution < -0.4 is 9.80 Å². The average Bonchev–Trinajstić information content (AvgIpc) is 3.19. The summed E-state index contributed by atoms with van der Waals surface area (Å²) in [6.45, 7) is 6.14. The minimum absolute atomic E-state index is 1.09. The van der Waals surface area contributed by atoms with Crippen molar-refractivity contribution in [1.29, 1.82) is 0 Å². The van der Waals surface area contributed by atoms with Gasteiger partial charge in [-0.2, -0.15) is 0 Å². The van der Waals surface area contributed by atoms with Gasteiger partial charge < -0.3 is 9.80 Å². The van der Waals surface area contributed by atoms with Gasteiger partial charge in [0, 0.05) is 34.1 Å². The zero-order valence-electron chi connectivity index (χ0n) is 28.7. The van der Waals surface area contributed by atoms with E-state index in [4.69, 9.17) is 0 Å². The van der Waals surface area contributed by atoms with Crippen LogP contribution in [0.1, 0.15) is 6.92 Å². The first-order chi connectivity index (χ1) is 25.2. The van der Waals surface area contributed by atoms with Gasteiger partial charge in [-0.05, 0) is 117 Å². The number of allylic oxidation sites excluding steroid dienone is 3. The second-order valence-electron chi connectivity index (χ2n) is 12.7. The molecular weight excluding hydrogens is 617 g/mol. The third kappa shape index (κ3) is 6.09. The summed E-state index contributed by atoms with van der Waals surface area (Å²) in [4.78, 5) is 4.65. The van der Waals surface area contributed by atoms with Crippen LogP contribution in [0.2, 0.25) is 0 Å². The molecule has 244 valence electrons. The molecular formula is C49H38N2. The summed E-state index contributed by atoms with van der Waals surface area (Å²) in [5, 5.41) is 4.82. The summed E-state index contributed by atoms with van der Waals surface area (Å²) in [6, 6.07) is 67.4. The van der Waals surface area contributed by atoms with Crippen LogP contribution in [-0.4, -0.2) is 0 Å². The Bertz CT molecular complexity index is 2430. The first-order valence-electron chi connectivity index (χ1n) is 17.4. The Balaban J connectivity index is 1.47. The Labute approximate surface area is 300 Å². The summed E-state index contributed by atoms with van der Waals surface area (Å²) in [5.74, 6) is 0. The maximum Gasteiger partial charge on any atom is 0.0468 e. The molecule has 0 radical (unpaired) electrons. The number of hydrogen-bond donors (Lipinski definition) is 0. The lowest BCUT2D eigenvalue weighted by Crippen LogP contribution is -2.14. The number of para-hydroxylation sites is 3. The van der Waals surface area contributed by atoms with Crippen molar-refractivity contribution in [3.05, 3.63) is 212 Å². The number of hydrogen-bond acceptors (Lipinski definition) is 2. The van der Waals surface area contributed by atoms with Crippen molar-refractivity contribution in [2.24, 2.45) is 0 Å². The normalized spacial score (nSPS) is 11.4. The first-order valence-corrected chi connectivity index (χ1v) is 17.4. The van der Waals surface area contributed by atoms with Gasteiger partial charge in [0.15, 0.2) is 0 Å². The van der Waals surface area contributed by atoms with E-state index < -0.39 is 0 Å². The van der Waals surface area contributed by atoms with Crippen molar-refractivity contribution in [2.75, 3.05) is 9.80 Å². The van der Waals surface area contributed by atoms with Gasteiger partial charge in [0.2, 0.25) is 0 Å². The summed E-state index contributed by atoms with van der Waals surface area (Å²) in [7, 11) is 0. The Morgan fingerprint density at radius 1 is 0.412 bits per heavy atom. The Morgan fingerprint density at radius 2 is 0.804 bits per heavy atom. The zero-order chi connectivity index (χ0) is 34.6. The third-order valence-corrected chi connectivity index (χ3v) is 9.48. The van der Waals surface area contributed by atoms with Crippen molar-refractivity contribution in [2.45, 2.75) is 6.92 Å². The largest absolute Gasteiger partial charge is 0.314 e. The van der Waals surface area contributed by atoms with Crippen molar-refractivity contribution >= 4 is 50.0 Å². The van der Waals surface area contributed by atoms with Crippen LogP contribution in [0.25, 0.3) is 43.8 Å². The van der Waals surface area contributed by atoms with Crippen LogP contribution in [-0.2, 0) is 0 Å². The van der Waals surface area contributed by atoms with Crippen molar-refractivity contribution < 1.29 is 0 Å². The van der Waals surface area contributed by atoms with Gasteiger partial charge in [0.1, 0.15) is 0 Å². The lowest BCUT2D eigenvalue weighted by molar-refractivity contribution is 1.16. The molecule has 2 heteroatoms. The molecule has 0 aromatic heterocycles. The second-order valence-corrected chi connectivity index (χ2v) is 12.7. The van der Waals surface area contributed by atoms with E-state index in [0.717, 1.165) is 34.1 Å². The zero-order valence-corrected chi connectivity index (χ0v) is 28.7. The van der Waals surface area contributed by atoms with Crippen LogP contribution in [0.5, 0.6) is 0 Å². The molecule has 0 atom stereocenters. The van der Waals surface area contributed by atoms with Crippen LogP contribution >= 0.6 is 0 Å². The third-order valence-electron chi connectivity index (χ3n) is 9.48. The smallest absolute Gasteiger partial charge is 0.0468 e. The molecule has 8 aromatic carbocycles. The molecule has 0 spiro atoms. The summed E-state index contributed by atoms with van der Waals surface area (Å²) in [6.07, 6.45) is 3.92. The average molecular weight is 655 g/mol. The Hall–Kier alpha value is -6.64. The molecule has 0 N–H and O–H groups in total. The molecule has 8 rings (SSSR count). The minimum Gasteiger partial charge on any atom is -0.314 e. The molecule has 0 saturated carbocycles. The Kier molecular flexibility index (Phi) is 8.72. The quantitative estimate of drug-likeness (QED) is 0.113. The molecule has 0 fully saturated rings. The van der Waals surface area contributed by atoms with Gasteiger partial charge in [0.25, 0.3) is 0 Å². The fourth-order valence-corrected chi connectivity index (χ4v) is 7.29. The van der Waals surface area contributed by atoms with E-state index in [1.54, 1.807) is 0 Å². The highest BCUT2D eigenvalue weighted by atomic mass is 15.1. The van der Waals surface area contributed by atoms with Crippen LogP contribution in [0.15, 0.2) is 212 Å². The summed E-state index contributed by atoms with van der Waals surface area (Å²) >= 11 is 0. The van der Waals surface area contributed by atoms with Crippen LogP contribution in [0.3, 0.4) is 0 Å². The minimum atomic E-state index is 1.09. The molecule has 0 bridgehead atoms. The van der Waals surface area contributed by atoms with Crippen LogP contribution in [0.4, 0.5) is 28.4 Å². The predicted molar refractivity (Wildman–Crippen MR) is 220 cm³/mol. The standard InChI is InChI=1S/C49H38N2/c1-3-19-36(2)50(39-24-13-6-14-25-39)42-30-32-44-46(34-42)48(37-20-9-4-10-21-37)45-33-31-43(35-47(45)49(44)38-22-11-5-12-23-38)51(40-26-15-7-16-27-40)41-28-17-8-18-29-41/h3-35H,1H2,2H3/b36-19+. The van der Waals surface area contributed by atoms with E-state index in [1.165, 1.54) is 43.8 Å². The molecule has 0 aliphatic rings. The fraction of sp³-hybridized carbons (Fsp3) is 0.0204. The molecule has 0 unspecified atom stereocenters. The molecule has 0 saturated heterocycles. The SMILES string of the molecule is C=C/C=C(\C)N(c1ccccc1)c1ccc2c(-c3ccccc3)c3cc(N(c4ccccc4)c4ccccc4)ccc3c(-c3ccccc3)c2c1. The number of benzene rings is 8. The van der Waals surface area contributed by atoms with Gasteiger partial charge in [-0.25, -0.2) is 0 Å². The molecule has 0 heterocycles. The van der Waals surface area contributed by atoms with Gasteiger partial charge >= 0.3 is 0 Å². The maximum atomic E-state index is 4.00. The molecule has 0 aliphatic heterocycles. The number of fused-ring (bicyclic) bond motifs is 2. The molecule has 8 aromatic rings. The van der Waals surface area contributed by atoms with Gasteiger partial charge in [-0.3, -0.25) is 0 Å². The van der Waals surface area contributed by atoms with Gasteiger partial charge in [-0.15, -0.1) is 0 Å². The molecule has 0 amide bonds. The van der Waals surface area contributed by atoms with E-state index in [0.29, 0.717) is 0 Å². The highest BCUT2D eigenvalue weighted by Gasteiger charge is 2.21. The van der Waals surface area contributed by atoms with Crippen molar-refractivity contribution in [3.63, 3.8) is 0 Å². The van der Waals surface area contributed by atoms with Crippen LogP contribution in [0, 0.1) is 0 Å². The van der Waals surface area contributed by atoms with E-state index in [2.05, 4.69) is 217 Å². The summed E-state index contributed by atoms with van der Waals surface area (Å²) in [5.41, 5.74) is 11.4. The van der Waals surface area contributed by atoms with E-state index >= 15 is 0 Å². The second kappa shape index (κ2) is 14.1. The molecule has 0 aliphatic carbocycles. The highest BCUT2D eigenvalue weighted by Crippen LogP contribution is 2.47. The number of nitrogens with zero attached hydrogens (tertiary/aromatic N) is 2. The monoisotopic (exact) mass is 654 g/mol. The molecule has 2 nitrogen and oxygen atoms in total. The van der Waals surface area contributed by atoms with E-state index in [9.17, 15) is 0 Å². The first kappa shape index (κ1) is 31.6. The maximum absolute atomic E-state index is 4.00. The molecule has 51 heavy (non-hydrogen) atoms. The Morgan fingerprint density at radius 3 is 1.25 bits per heavy atom.